The molecular formula is C29H41N5. The fourth-order valence-electron chi connectivity index (χ4n) is 5.06. The molecular weight excluding hydrogens is 418 g/mol. The van der Waals surface area contributed by atoms with E-state index < -0.39 is 0 Å². The zero-order valence-corrected chi connectivity index (χ0v) is 21.5. The van der Waals surface area contributed by atoms with E-state index in [9.17, 15) is 0 Å². The van der Waals surface area contributed by atoms with Gasteiger partial charge in [-0.3, -0.25) is 4.90 Å². The first kappa shape index (κ1) is 24.5. The molecule has 0 amide bonds. The van der Waals surface area contributed by atoms with Crippen LogP contribution < -0.4 is 4.90 Å². The van der Waals surface area contributed by atoms with Crippen molar-refractivity contribution in [3.63, 3.8) is 0 Å². The van der Waals surface area contributed by atoms with E-state index in [1.807, 2.05) is 0 Å². The molecule has 0 atom stereocenters. The van der Waals surface area contributed by atoms with Gasteiger partial charge < -0.3 is 9.80 Å². The summed E-state index contributed by atoms with van der Waals surface area (Å²) in [5.74, 6) is 1.30. The minimum absolute atomic E-state index is 0.932. The maximum absolute atomic E-state index is 5.19. The molecule has 1 aliphatic rings. The molecule has 2 heterocycles. The van der Waals surface area contributed by atoms with Crippen LogP contribution in [0.1, 0.15) is 49.6 Å². The number of para-hydroxylation sites is 1. The van der Waals surface area contributed by atoms with Crippen LogP contribution in [-0.2, 0) is 19.5 Å². The van der Waals surface area contributed by atoms with E-state index >= 15 is 0 Å². The lowest BCUT2D eigenvalue weighted by molar-refractivity contribution is 0.254. The second kappa shape index (κ2) is 11.7. The SMILES string of the molecule is CCCN(Cc1ccccc1C)Cc1c(CC)nn(-c2ccccc2)c1N1CCN(CC)CC1. The van der Waals surface area contributed by atoms with Crippen LogP contribution in [0.25, 0.3) is 5.69 Å². The molecule has 4 rings (SSSR count). The van der Waals surface area contributed by atoms with Crippen molar-refractivity contribution in [1.82, 2.24) is 19.6 Å². The van der Waals surface area contributed by atoms with Crippen molar-refractivity contribution in [3.05, 3.63) is 77.0 Å². The summed E-state index contributed by atoms with van der Waals surface area (Å²) < 4.78 is 2.22. The van der Waals surface area contributed by atoms with Crippen LogP contribution in [0.4, 0.5) is 5.82 Å². The Bertz CT molecular complexity index is 1030. The molecule has 0 unspecified atom stereocenters. The first-order valence-electron chi connectivity index (χ1n) is 13.0. The van der Waals surface area contributed by atoms with Crippen LogP contribution in [0.5, 0.6) is 0 Å². The molecule has 2 aromatic carbocycles. The lowest BCUT2D eigenvalue weighted by Crippen LogP contribution is -2.47. The molecule has 3 aromatic rings. The third-order valence-corrected chi connectivity index (χ3v) is 7.07. The van der Waals surface area contributed by atoms with Gasteiger partial charge in [0.05, 0.1) is 11.4 Å². The van der Waals surface area contributed by atoms with Crippen molar-refractivity contribution in [2.45, 2.75) is 53.6 Å². The van der Waals surface area contributed by atoms with Crippen LogP contribution in [0.2, 0.25) is 0 Å². The molecule has 0 radical (unpaired) electrons. The molecule has 1 aromatic heterocycles. The molecule has 0 bridgehead atoms. The lowest BCUT2D eigenvalue weighted by Gasteiger charge is -2.36. The summed E-state index contributed by atoms with van der Waals surface area (Å²) in [6.45, 7) is 17.4. The molecule has 0 N–H and O–H groups in total. The number of nitrogens with zero attached hydrogens (tertiary/aromatic N) is 5. The van der Waals surface area contributed by atoms with Gasteiger partial charge in [-0.25, -0.2) is 4.68 Å². The number of anilines is 1. The smallest absolute Gasteiger partial charge is 0.137 e. The minimum Gasteiger partial charge on any atom is -0.354 e. The number of aryl methyl sites for hydroxylation is 2. The molecule has 1 saturated heterocycles. The lowest BCUT2D eigenvalue weighted by atomic mass is 10.1. The van der Waals surface area contributed by atoms with E-state index in [1.54, 1.807) is 0 Å². The summed E-state index contributed by atoms with van der Waals surface area (Å²) >= 11 is 0. The van der Waals surface area contributed by atoms with Gasteiger partial charge in [-0.2, -0.15) is 5.10 Å². The number of rotatable bonds is 10. The van der Waals surface area contributed by atoms with Crippen molar-refractivity contribution >= 4 is 5.82 Å². The largest absolute Gasteiger partial charge is 0.354 e. The van der Waals surface area contributed by atoms with Crippen LogP contribution in [-0.4, -0.2) is 58.8 Å². The van der Waals surface area contributed by atoms with Crippen LogP contribution in [0, 0.1) is 6.92 Å². The fraction of sp³-hybridized carbons (Fsp3) is 0.483. The first-order valence-corrected chi connectivity index (χ1v) is 13.0. The van der Waals surface area contributed by atoms with Crippen LogP contribution in [0.15, 0.2) is 54.6 Å². The summed E-state index contributed by atoms with van der Waals surface area (Å²) in [6, 6.07) is 19.5. The quantitative estimate of drug-likeness (QED) is 0.411. The molecule has 182 valence electrons. The van der Waals surface area contributed by atoms with Gasteiger partial charge in [0.2, 0.25) is 0 Å². The molecule has 1 aliphatic heterocycles. The summed E-state index contributed by atoms with van der Waals surface area (Å²) in [6.07, 6.45) is 2.09. The molecule has 1 fully saturated rings. The Morgan fingerprint density at radius 2 is 1.56 bits per heavy atom. The number of benzene rings is 2. The standard InChI is InChI=1S/C29H41N5/c1-5-17-32(22-25-14-12-11-13-24(25)4)23-27-28(6-2)30-34(26-15-9-8-10-16-26)29(27)33-20-18-31(7-3)19-21-33/h8-16H,5-7,17-23H2,1-4H3. The second-order valence-corrected chi connectivity index (χ2v) is 9.41. The van der Waals surface area contributed by atoms with Gasteiger partial charge in [-0.15, -0.1) is 0 Å². The Labute approximate surface area is 206 Å². The first-order chi connectivity index (χ1) is 16.6. The monoisotopic (exact) mass is 459 g/mol. The highest BCUT2D eigenvalue weighted by atomic mass is 15.4. The third kappa shape index (κ3) is 5.53. The van der Waals surface area contributed by atoms with Gasteiger partial charge >= 0.3 is 0 Å². The number of likely N-dealkylation sites (N-methyl/N-ethyl adjacent to an activating group) is 1. The topological polar surface area (TPSA) is 27.5 Å². The van der Waals surface area contributed by atoms with Crippen molar-refractivity contribution in [2.24, 2.45) is 0 Å². The highest BCUT2D eigenvalue weighted by Gasteiger charge is 2.27. The molecule has 0 spiro atoms. The van der Waals surface area contributed by atoms with Gasteiger partial charge in [0, 0.05) is 44.8 Å². The number of hydrogen-bond acceptors (Lipinski definition) is 4. The van der Waals surface area contributed by atoms with Gasteiger partial charge in [-0.1, -0.05) is 63.2 Å². The second-order valence-electron chi connectivity index (χ2n) is 9.41. The van der Waals surface area contributed by atoms with Crippen molar-refractivity contribution in [2.75, 3.05) is 44.2 Å². The van der Waals surface area contributed by atoms with E-state index in [0.29, 0.717) is 0 Å². The molecule has 0 saturated carbocycles. The van der Waals surface area contributed by atoms with E-state index in [0.717, 1.165) is 70.9 Å². The zero-order chi connectivity index (χ0) is 23.9. The van der Waals surface area contributed by atoms with Crippen LogP contribution >= 0.6 is 0 Å². The minimum atomic E-state index is 0.932. The average Bonchev–Trinajstić information content (AvgIpc) is 3.24. The number of aromatic nitrogens is 2. The van der Waals surface area contributed by atoms with Crippen molar-refractivity contribution in [3.8, 4) is 5.69 Å². The Balaban J connectivity index is 1.72. The highest BCUT2D eigenvalue weighted by Crippen LogP contribution is 2.31. The highest BCUT2D eigenvalue weighted by molar-refractivity contribution is 5.56. The maximum Gasteiger partial charge on any atom is 0.137 e. The normalized spacial score (nSPS) is 14.8. The van der Waals surface area contributed by atoms with Gasteiger partial charge in [-0.05, 0) is 56.1 Å². The summed E-state index contributed by atoms with van der Waals surface area (Å²) in [7, 11) is 0. The zero-order valence-electron chi connectivity index (χ0n) is 21.5. The predicted octanol–water partition coefficient (Wildman–Crippen LogP) is 5.30. The summed E-state index contributed by atoms with van der Waals surface area (Å²) in [5, 5.41) is 5.19. The summed E-state index contributed by atoms with van der Waals surface area (Å²) in [4.78, 5) is 7.74. The Kier molecular flexibility index (Phi) is 8.41. The molecule has 5 heteroatoms. The van der Waals surface area contributed by atoms with Crippen molar-refractivity contribution in [1.29, 1.82) is 0 Å². The third-order valence-electron chi connectivity index (χ3n) is 7.07. The van der Waals surface area contributed by atoms with Gasteiger partial charge in [0.25, 0.3) is 0 Å². The average molecular weight is 460 g/mol. The van der Waals surface area contributed by atoms with E-state index in [-0.39, 0.29) is 0 Å². The van der Waals surface area contributed by atoms with Crippen molar-refractivity contribution < 1.29 is 0 Å². The van der Waals surface area contributed by atoms with Gasteiger partial charge in [0.1, 0.15) is 5.82 Å². The molecule has 34 heavy (non-hydrogen) atoms. The molecule has 5 nitrogen and oxygen atoms in total. The Morgan fingerprint density at radius 1 is 0.853 bits per heavy atom. The fourth-order valence-corrected chi connectivity index (χ4v) is 5.06. The Hall–Kier alpha value is -2.63. The van der Waals surface area contributed by atoms with E-state index in [2.05, 4.69) is 102 Å². The Morgan fingerprint density at radius 3 is 2.21 bits per heavy atom. The number of hydrogen-bond donors (Lipinski definition) is 0. The van der Waals surface area contributed by atoms with Crippen LogP contribution in [0.3, 0.4) is 0 Å². The van der Waals surface area contributed by atoms with E-state index in [1.165, 1.54) is 28.2 Å². The van der Waals surface area contributed by atoms with Gasteiger partial charge in [0.15, 0.2) is 0 Å². The maximum atomic E-state index is 5.19. The number of piperazine rings is 1. The van der Waals surface area contributed by atoms with E-state index in [4.69, 9.17) is 5.10 Å². The predicted molar refractivity (Wildman–Crippen MR) is 143 cm³/mol. The summed E-state index contributed by atoms with van der Waals surface area (Å²) in [5.41, 5.74) is 6.57. The molecule has 0 aliphatic carbocycles.